The normalized spacial score (nSPS) is 14.0. The van der Waals surface area contributed by atoms with Crippen LogP contribution in [-0.2, 0) is 10.5 Å². The Morgan fingerprint density at radius 1 is 0.857 bits per heavy atom. The number of para-hydroxylation sites is 1. The molecule has 2 N–H and O–H groups in total. The molecule has 1 aliphatic rings. The van der Waals surface area contributed by atoms with Gasteiger partial charge in [-0.25, -0.2) is 14.8 Å². The molecule has 0 bridgehead atoms. The molecular formula is C31H29Cl2N5O3S. The Labute approximate surface area is 258 Å². The number of aromatic nitrogens is 2. The van der Waals surface area contributed by atoms with Gasteiger partial charge in [0.05, 0.1) is 10.0 Å². The van der Waals surface area contributed by atoms with Gasteiger partial charge in [-0.3, -0.25) is 4.79 Å². The molecule has 0 spiro atoms. The first-order chi connectivity index (χ1) is 20.4. The van der Waals surface area contributed by atoms with Gasteiger partial charge in [-0.2, -0.15) is 11.8 Å². The van der Waals surface area contributed by atoms with Gasteiger partial charge < -0.3 is 20.2 Å². The standard InChI is InChI=1S/C31H29Cl2N5O3S/c32-24-12-11-22(17-25(24)33)29-34-26(30(39)35-27(31(40)41)20-42-19-21-7-3-1-4-8-21)18-28(36-29)38-15-13-37(14-16-38)23-9-5-2-6-10-23/h1-12,17-18,27H,13-16,19-20H2,(H,35,39)(H,40,41). The van der Waals surface area contributed by atoms with Crippen LogP contribution in [0, 0.1) is 0 Å². The minimum atomic E-state index is -1.11. The Kier molecular flexibility index (Phi) is 9.84. The number of anilines is 2. The van der Waals surface area contributed by atoms with Crippen LogP contribution in [0.3, 0.4) is 0 Å². The van der Waals surface area contributed by atoms with Crippen LogP contribution < -0.4 is 15.1 Å². The van der Waals surface area contributed by atoms with Crippen molar-refractivity contribution >= 4 is 58.3 Å². The predicted molar refractivity (Wildman–Crippen MR) is 170 cm³/mol. The number of hydrogen-bond acceptors (Lipinski definition) is 7. The summed E-state index contributed by atoms with van der Waals surface area (Å²) in [6.45, 7) is 2.91. The number of carbonyl (C=O) groups excluding carboxylic acids is 1. The van der Waals surface area contributed by atoms with E-state index < -0.39 is 17.9 Å². The number of nitrogens with zero attached hydrogens (tertiary/aromatic N) is 4. The fourth-order valence-electron chi connectivity index (χ4n) is 4.59. The highest BCUT2D eigenvalue weighted by Crippen LogP contribution is 2.29. The van der Waals surface area contributed by atoms with Gasteiger partial charge in [0.25, 0.3) is 5.91 Å². The lowest BCUT2D eigenvalue weighted by atomic mass is 10.2. The van der Waals surface area contributed by atoms with E-state index in [1.54, 1.807) is 24.3 Å². The summed E-state index contributed by atoms with van der Waals surface area (Å²) in [5.41, 5.74) is 2.90. The number of thioether (sulfide) groups is 1. The third kappa shape index (κ3) is 7.53. The van der Waals surface area contributed by atoms with Gasteiger partial charge in [-0.15, -0.1) is 0 Å². The number of carboxylic acid groups (broad SMARTS) is 1. The lowest BCUT2D eigenvalue weighted by Gasteiger charge is -2.36. The maximum Gasteiger partial charge on any atom is 0.327 e. The van der Waals surface area contributed by atoms with E-state index >= 15 is 0 Å². The summed E-state index contributed by atoms with van der Waals surface area (Å²) < 4.78 is 0. The Morgan fingerprint density at radius 3 is 2.19 bits per heavy atom. The molecule has 1 saturated heterocycles. The topological polar surface area (TPSA) is 98.7 Å². The second-order valence-electron chi connectivity index (χ2n) is 9.74. The van der Waals surface area contributed by atoms with Crippen molar-refractivity contribution < 1.29 is 14.7 Å². The summed E-state index contributed by atoms with van der Waals surface area (Å²) in [5.74, 6) is 0.0145. The quantitative estimate of drug-likeness (QED) is 0.226. The van der Waals surface area contributed by atoms with Crippen LogP contribution in [0.5, 0.6) is 0 Å². The molecule has 1 unspecified atom stereocenters. The maximum atomic E-state index is 13.4. The highest BCUT2D eigenvalue weighted by Gasteiger charge is 2.25. The number of benzene rings is 3. The third-order valence-corrected chi connectivity index (χ3v) is 8.69. The van der Waals surface area contributed by atoms with Crippen molar-refractivity contribution in [2.75, 3.05) is 41.7 Å². The van der Waals surface area contributed by atoms with Gasteiger partial charge in [-0.05, 0) is 35.9 Å². The number of halogens is 2. The molecule has 1 fully saturated rings. The average Bonchev–Trinajstić information content (AvgIpc) is 3.02. The number of nitrogens with one attached hydrogen (secondary N) is 1. The largest absolute Gasteiger partial charge is 0.480 e. The highest BCUT2D eigenvalue weighted by atomic mass is 35.5. The summed E-state index contributed by atoms with van der Waals surface area (Å²) in [7, 11) is 0. The third-order valence-electron chi connectivity index (χ3n) is 6.85. The van der Waals surface area contributed by atoms with E-state index in [9.17, 15) is 14.7 Å². The lowest BCUT2D eigenvalue weighted by molar-refractivity contribution is -0.138. The van der Waals surface area contributed by atoms with Gasteiger partial charge in [0.1, 0.15) is 17.6 Å². The monoisotopic (exact) mass is 621 g/mol. The van der Waals surface area contributed by atoms with Crippen molar-refractivity contribution in [2.45, 2.75) is 11.8 Å². The second-order valence-corrected chi connectivity index (χ2v) is 11.6. The number of carboxylic acids is 1. The first-order valence-corrected chi connectivity index (χ1v) is 15.3. The van der Waals surface area contributed by atoms with Gasteiger partial charge in [0.15, 0.2) is 5.82 Å². The fraction of sp³-hybridized carbons (Fsp3) is 0.226. The van der Waals surface area contributed by atoms with Crippen LogP contribution >= 0.6 is 35.0 Å². The Bertz CT molecular complexity index is 1540. The zero-order valence-electron chi connectivity index (χ0n) is 22.6. The Balaban J connectivity index is 1.36. The van der Waals surface area contributed by atoms with E-state index in [1.165, 1.54) is 11.8 Å². The molecule has 0 aliphatic carbocycles. The molecule has 42 heavy (non-hydrogen) atoms. The Morgan fingerprint density at radius 2 is 1.52 bits per heavy atom. The van der Waals surface area contributed by atoms with Crippen molar-refractivity contribution in [1.82, 2.24) is 15.3 Å². The van der Waals surface area contributed by atoms with Crippen molar-refractivity contribution in [3.8, 4) is 11.4 Å². The zero-order chi connectivity index (χ0) is 29.5. The molecule has 2 heterocycles. The van der Waals surface area contributed by atoms with E-state index in [0.29, 0.717) is 46.1 Å². The van der Waals surface area contributed by atoms with Gasteiger partial charge >= 0.3 is 5.97 Å². The predicted octanol–water partition coefficient (Wildman–Crippen LogP) is 5.89. The number of hydrogen-bond donors (Lipinski definition) is 2. The molecule has 1 aliphatic heterocycles. The highest BCUT2D eigenvalue weighted by molar-refractivity contribution is 7.98. The molecule has 1 amide bonds. The molecule has 216 valence electrons. The minimum absolute atomic E-state index is 0.0749. The van der Waals surface area contributed by atoms with E-state index in [4.69, 9.17) is 28.2 Å². The zero-order valence-corrected chi connectivity index (χ0v) is 24.9. The second kappa shape index (κ2) is 13.9. The molecule has 8 nitrogen and oxygen atoms in total. The van der Waals surface area contributed by atoms with Crippen LogP contribution in [-0.4, -0.2) is 64.9 Å². The number of rotatable bonds is 10. The molecule has 0 radical (unpaired) electrons. The summed E-state index contributed by atoms with van der Waals surface area (Å²) >= 11 is 13.8. The van der Waals surface area contributed by atoms with E-state index in [1.807, 2.05) is 48.5 Å². The molecule has 4 aromatic rings. The van der Waals surface area contributed by atoms with Crippen LogP contribution in [0.4, 0.5) is 11.5 Å². The molecule has 1 aromatic heterocycles. The number of amides is 1. The molecule has 11 heteroatoms. The lowest BCUT2D eigenvalue weighted by Crippen LogP contribution is -2.47. The van der Waals surface area contributed by atoms with Crippen LogP contribution in [0.1, 0.15) is 16.1 Å². The van der Waals surface area contributed by atoms with E-state index in [2.05, 4.69) is 32.2 Å². The smallest absolute Gasteiger partial charge is 0.327 e. The minimum Gasteiger partial charge on any atom is -0.480 e. The van der Waals surface area contributed by atoms with Gasteiger partial charge in [0, 0.05) is 55.0 Å². The Hall–Kier alpha value is -3.79. The molecule has 1 atom stereocenters. The first-order valence-electron chi connectivity index (χ1n) is 13.4. The average molecular weight is 623 g/mol. The molecular weight excluding hydrogens is 593 g/mol. The van der Waals surface area contributed by atoms with Crippen molar-refractivity contribution in [3.63, 3.8) is 0 Å². The summed E-state index contributed by atoms with van der Waals surface area (Å²) in [4.78, 5) is 39.1. The maximum absolute atomic E-state index is 13.4. The van der Waals surface area contributed by atoms with Crippen LogP contribution in [0.25, 0.3) is 11.4 Å². The van der Waals surface area contributed by atoms with Crippen molar-refractivity contribution in [2.24, 2.45) is 0 Å². The first kappa shape index (κ1) is 29.7. The SMILES string of the molecule is O=C(NC(CSCc1ccccc1)C(=O)O)c1cc(N2CCN(c3ccccc3)CC2)nc(-c2ccc(Cl)c(Cl)c2)n1. The summed E-state index contributed by atoms with van der Waals surface area (Å²) in [6, 6.07) is 25.5. The van der Waals surface area contributed by atoms with Gasteiger partial charge in [-0.1, -0.05) is 71.7 Å². The van der Waals surface area contributed by atoms with Gasteiger partial charge in [0.2, 0.25) is 0 Å². The van der Waals surface area contributed by atoms with Crippen molar-refractivity contribution in [1.29, 1.82) is 0 Å². The fourth-order valence-corrected chi connectivity index (χ4v) is 5.89. The van der Waals surface area contributed by atoms with Crippen LogP contribution in [0.2, 0.25) is 10.0 Å². The van der Waals surface area contributed by atoms with E-state index in [-0.39, 0.29) is 11.4 Å². The van der Waals surface area contributed by atoms with Crippen molar-refractivity contribution in [3.05, 3.63) is 106 Å². The molecule has 0 saturated carbocycles. The number of aliphatic carboxylic acids is 1. The summed E-state index contributed by atoms with van der Waals surface area (Å²) in [6.07, 6.45) is 0. The van der Waals surface area contributed by atoms with Crippen LogP contribution in [0.15, 0.2) is 84.9 Å². The number of carbonyl (C=O) groups is 2. The van der Waals surface area contributed by atoms with E-state index in [0.717, 1.165) is 24.3 Å². The number of piperazine rings is 1. The summed E-state index contributed by atoms with van der Waals surface area (Å²) in [5, 5.41) is 13.2. The molecule has 5 rings (SSSR count). The molecule has 3 aromatic carbocycles.